The number of likely N-dealkylation sites (N-methyl/N-ethyl adjacent to an activating group) is 2. The van der Waals surface area contributed by atoms with Crippen LogP contribution in [0, 0.1) is 0 Å². The Kier molecular flexibility index (Phi) is 4.97. The molecule has 0 radical (unpaired) electrons. The Balaban J connectivity index is 1.97. The number of hydrogen-bond acceptors (Lipinski definition) is 2. The van der Waals surface area contributed by atoms with Crippen molar-refractivity contribution in [2.75, 3.05) is 20.1 Å². The lowest BCUT2D eigenvalue weighted by Crippen LogP contribution is -2.35. The molecule has 0 aliphatic heterocycles. The van der Waals surface area contributed by atoms with E-state index in [4.69, 9.17) is 0 Å². The normalized spacial score (nSPS) is 14.0. The van der Waals surface area contributed by atoms with Gasteiger partial charge in [0, 0.05) is 13.6 Å². The Bertz CT molecular complexity index is 442. The number of nitrogens with one attached hydrogen (secondary N) is 1. The van der Waals surface area contributed by atoms with Gasteiger partial charge in [0.2, 0.25) is 5.91 Å². The molecular formula is C16H24N2O. The van der Waals surface area contributed by atoms with Gasteiger partial charge in [0.05, 0.1) is 6.54 Å². The van der Waals surface area contributed by atoms with Gasteiger partial charge in [0.25, 0.3) is 0 Å². The van der Waals surface area contributed by atoms with E-state index in [0.29, 0.717) is 13.1 Å². The monoisotopic (exact) mass is 260 g/mol. The molecule has 104 valence electrons. The van der Waals surface area contributed by atoms with Crippen LogP contribution in [0.15, 0.2) is 18.2 Å². The van der Waals surface area contributed by atoms with Crippen LogP contribution in [0.2, 0.25) is 0 Å². The van der Waals surface area contributed by atoms with Gasteiger partial charge < -0.3 is 10.2 Å². The Hall–Kier alpha value is -1.35. The summed E-state index contributed by atoms with van der Waals surface area (Å²) >= 11 is 0. The minimum absolute atomic E-state index is 0.152. The topological polar surface area (TPSA) is 32.3 Å². The third-order valence-corrected chi connectivity index (χ3v) is 3.78. The molecule has 1 aromatic carbocycles. The molecule has 1 amide bonds. The Morgan fingerprint density at radius 1 is 1.26 bits per heavy atom. The van der Waals surface area contributed by atoms with E-state index in [1.807, 2.05) is 14.0 Å². The van der Waals surface area contributed by atoms with Gasteiger partial charge in [0.1, 0.15) is 0 Å². The van der Waals surface area contributed by atoms with Gasteiger partial charge in [-0.05, 0) is 48.9 Å². The van der Waals surface area contributed by atoms with Crippen molar-refractivity contribution in [3.05, 3.63) is 34.9 Å². The van der Waals surface area contributed by atoms with Crippen LogP contribution in [-0.4, -0.2) is 30.9 Å². The quantitative estimate of drug-likeness (QED) is 0.879. The highest BCUT2D eigenvalue weighted by Gasteiger charge is 2.12. The van der Waals surface area contributed by atoms with Crippen LogP contribution in [0.3, 0.4) is 0 Å². The van der Waals surface area contributed by atoms with Crippen LogP contribution in [0.5, 0.6) is 0 Å². The predicted molar refractivity (Wildman–Crippen MR) is 78.1 cm³/mol. The van der Waals surface area contributed by atoms with E-state index in [2.05, 4.69) is 23.5 Å². The van der Waals surface area contributed by atoms with E-state index >= 15 is 0 Å². The summed E-state index contributed by atoms with van der Waals surface area (Å²) in [6.45, 7) is 3.98. The molecule has 1 aliphatic carbocycles. The molecule has 1 aliphatic rings. The van der Waals surface area contributed by atoms with E-state index in [1.54, 1.807) is 4.90 Å². The average molecular weight is 260 g/mol. The zero-order valence-electron chi connectivity index (χ0n) is 12.0. The maximum atomic E-state index is 11.9. The molecule has 3 nitrogen and oxygen atoms in total. The SMILES string of the molecule is CCNCC(=O)N(C)Cc1ccc2c(c1)CCCC2. The summed E-state index contributed by atoms with van der Waals surface area (Å²) in [5, 5.41) is 3.07. The summed E-state index contributed by atoms with van der Waals surface area (Å²) < 4.78 is 0. The van der Waals surface area contributed by atoms with Crippen LogP contribution in [-0.2, 0) is 24.2 Å². The third-order valence-electron chi connectivity index (χ3n) is 3.78. The first-order valence-electron chi connectivity index (χ1n) is 7.26. The number of rotatable bonds is 5. The van der Waals surface area contributed by atoms with Crippen molar-refractivity contribution in [1.29, 1.82) is 0 Å². The molecule has 1 aromatic rings. The maximum absolute atomic E-state index is 11.9. The zero-order chi connectivity index (χ0) is 13.7. The first-order valence-corrected chi connectivity index (χ1v) is 7.26. The number of aryl methyl sites for hydroxylation is 2. The van der Waals surface area contributed by atoms with E-state index in [9.17, 15) is 4.79 Å². The molecule has 0 saturated carbocycles. The molecule has 0 bridgehead atoms. The number of hydrogen-bond donors (Lipinski definition) is 1. The lowest BCUT2D eigenvalue weighted by Gasteiger charge is -2.20. The Labute approximate surface area is 116 Å². The number of fused-ring (bicyclic) bond motifs is 1. The predicted octanol–water partition coefficient (Wildman–Crippen LogP) is 2.13. The van der Waals surface area contributed by atoms with E-state index in [0.717, 1.165) is 6.54 Å². The number of carbonyl (C=O) groups is 1. The average Bonchev–Trinajstić information content (AvgIpc) is 2.44. The van der Waals surface area contributed by atoms with Gasteiger partial charge in [-0.15, -0.1) is 0 Å². The number of carbonyl (C=O) groups excluding carboxylic acids is 1. The highest BCUT2D eigenvalue weighted by molar-refractivity contribution is 5.77. The van der Waals surface area contributed by atoms with Gasteiger partial charge >= 0.3 is 0 Å². The fraction of sp³-hybridized carbons (Fsp3) is 0.562. The van der Waals surface area contributed by atoms with Crippen molar-refractivity contribution in [3.8, 4) is 0 Å². The second-order valence-corrected chi connectivity index (χ2v) is 5.34. The van der Waals surface area contributed by atoms with Gasteiger partial charge in [-0.2, -0.15) is 0 Å². The lowest BCUT2D eigenvalue weighted by atomic mass is 9.90. The molecule has 3 heteroatoms. The van der Waals surface area contributed by atoms with Crippen LogP contribution in [0.4, 0.5) is 0 Å². The molecule has 0 atom stereocenters. The first-order chi connectivity index (χ1) is 9.20. The summed E-state index contributed by atoms with van der Waals surface area (Å²) in [5.41, 5.74) is 4.22. The van der Waals surface area contributed by atoms with Gasteiger partial charge in [0.15, 0.2) is 0 Å². The summed E-state index contributed by atoms with van der Waals surface area (Å²) in [5.74, 6) is 0.152. The van der Waals surface area contributed by atoms with Gasteiger partial charge in [-0.3, -0.25) is 4.79 Å². The van der Waals surface area contributed by atoms with Crippen LogP contribution in [0.1, 0.15) is 36.5 Å². The fourth-order valence-electron chi connectivity index (χ4n) is 2.61. The molecule has 0 aromatic heterocycles. The van der Waals surface area contributed by atoms with Crippen LogP contribution in [0.25, 0.3) is 0 Å². The first kappa shape index (κ1) is 14.1. The van der Waals surface area contributed by atoms with E-state index < -0.39 is 0 Å². The molecule has 0 heterocycles. The molecule has 0 spiro atoms. The van der Waals surface area contributed by atoms with Crippen molar-refractivity contribution in [2.24, 2.45) is 0 Å². The van der Waals surface area contributed by atoms with Crippen LogP contribution < -0.4 is 5.32 Å². The minimum Gasteiger partial charge on any atom is -0.340 e. The standard InChI is InChI=1S/C16H24N2O/c1-3-17-11-16(19)18(2)12-13-8-9-14-6-4-5-7-15(14)10-13/h8-10,17H,3-7,11-12H2,1-2H3. The van der Waals surface area contributed by atoms with E-state index in [-0.39, 0.29) is 5.91 Å². The molecule has 1 N–H and O–H groups in total. The second-order valence-electron chi connectivity index (χ2n) is 5.34. The van der Waals surface area contributed by atoms with Crippen molar-refractivity contribution in [1.82, 2.24) is 10.2 Å². The summed E-state index contributed by atoms with van der Waals surface area (Å²) in [6, 6.07) is 6.69. The molecule has 19 heavy (non-hydrogen) atoms. The fourth-order valence-corrected chi connectivity index (χ4v) is 2.61. The highest BCUT2D eigenvalue weighted by atomic mass is 16.2. The zero-order valence-corrected chi connectivity index (χ0v) is 12.0. The van der Waals surface area contributed by atoms with Gasteiger partial charge in [-0.1, -0.05) is 25.1 Å². The summed E-state index contributed by atoms with van der Waals surface area (Å²) in [4.78, 5) is 13.7. The maximum Gasteiger partial charge on any atom is 0.236 e. The second kappa shape index (κ2) is 6.71. The molecule has 0 fully saturated rings. The van der Waals surface area contributed by atoms with Crippen molar-refractivity contribution < 1.29 is 4.79 Å². The van der Waals surface area contributed by atoms with Crippen LogP contribution >= 0.6 is 0 Å². The number of benzene rings is 1. The smallest absolute Gasteiger partial charge is 0.236 e. The minimum atomic E-state index is 0.152. The summed E-state index contributed by atoms with van der Waals surface area (Å²) in [6.07, 6.45) is 5.02. The van der Waals surface area contributed by atoms with Crippen molar-refractivity contribution in [2.45, 2.75) is 39.2 Å². The Morgan fingerprint density at radius 3 is 2.74 bits per heavy atom. The highest BCUT2D eigenvalue weighted by Crippen LogP contribution is 2.22. The molecular weight excluding hydrogens is 236 g/mol. The van der Waals surface area contributed by atoms with Crippen molar-refractivity contribution >= 4 is 5.91 Å². The lowest BCUT2D eigenvalue weighted by molar-refractivity contribution is -0.129. The Morgan fingerprint density at radius 2 is 2.00 bits per heavy atom. The van der Waals surface area contributed by atoms with E-state index in [1.165, 1.54) is 42.4 Å². The largest absolute Gasteiger partial charge is 0.340 e. The summed E-state index contributed by atoms with van der Waals surface area (Å²) in [7, 11) is 1.87. The van der Waals surface area contributed by atoms with Gasteiger partial charge in [-0.25, -0.2) is 0 Å². The number of nitrogens with zero attached hydrogens (tertiary/aromatic N) is 1. The number of amides is 1. The molecule has 2 rings (SSSR count). The molecule has 0 saturated heterocycles. The molecule has 0 unspecified atom stereocenters. The van der Waals surface area contributed by atoms with Crippen molar-refractivity contribution in [3.63, 3.8) is 0 Å². The third kappa shape index (κ3) is 3.80.